The van der Waals surface area contributed by atoms with E-state index in [1.54, 1.807) is 44.2 Å². The van der Waals surface area contributed by atoms with Crippen LogP contribution in [0.4, 0.5) is 11.5 Å². The zero-order valence-electron chi connectivity index (χ0n) is 27.7. The molecule has 1 saturated heterocycles. The van der Waals surface area contributed by atoms with Gasteiger partial charge >= 0.3 is 5.69 Å². The Balaban J connectivity index is 1.30. The monoisotopic (exact) mass is 649 g/mol. The first-order valence-electron chi connectivity index (χ1n) is 16.1. The van der Waals surface area contributed by atoms with Crippen molar-refractivity contribution < 1.29 is 9.59 Å². The molecular weight excluding hydrogens is 610 g/mol. The maximum absolute atomic E-state index is 13.5. The molecule has 13 nitrogen and oxygen atoms in total. The molecule has 248 valence electrons. The summed E-state index contributed by atoms with van der Waals surface area (Å²) in [6.45, 7) is 8.86. The molecule has 0 unspecified atom stereocenters. The van der Waals surface area contributed by atoms with Gasteiger partial charge in [-0.15, -0.1) is 0 Å². The van der Waals surface area contributed by atoms with Gasteiger partial charge in [0, 0.05) is 67.4 Å². The van der Waals surface area contributed by atoms with Crippen molar-refractivity contribution in [2.75, 3.05) is 30.8 Å². The molecule has 0 spiro atoms. The highest BCUT2D eigenvalue weighted by Crippen LogP contribution is 2.37. The molecule has 5 aromatic rings. The number of nitrogens with zero attached hydrogens (tertiary/aromatic N) is 7. The Morgan fingerprint density at radius 2 is 1.69 bits per heavy atom. The lowest BCUT2D eigenvalue weighted by molar-refractivity contribution is -0.135. The van der Waals surface area contributed by atoms with E-state index < -0.39 is 17.2 Å². The number of nitrogens with one attached hydrogen (secondary N) is 2. The minimum Gasteiger partial charge on any atom is -0.371 e. The van der Waals surface area contributed by atoms with Crippen LogP contribution in [0.1, 0.15) is 68.5 Å². The first kappa shape index (κ1) is 32.4. The fourth-order valence-electron chi connectivity index (χ4n) is 6.24. The van der Waals surface area contributed by atoms with E-state index in [2.05, 4.69) is 31.8 Å². The van der Waals surface area contributed by atoms with Crippen LogP contribution >= 0.6 is 0 Å². The highest BCUT2D eigenvalue weighted by atomic mass is 16.2. The largest absolute Gasteiger partial charge is 0.371 e. The number of benzene rings is 1. The number of amides is 2. The summed E-state index contributed by atoms with van der Waals surface area (Å²) in [5.41, 5.74) is 2.67. The van der Waals surface area contributed by atoms with E-state index in [1.807, 2.05) is 42.4 Å². The number of fused-ring (bicyclic) bond motifs is 1. The lowest BCUT2D eigenvalue weighted by Gasteiger charge is -2.33. The average Bonchev–Trinajstić information content (AvgIpc) is 3.48. The Morgan fingerprint density at radius 3 is 2.31 bits per heavy atom. The van der Waals surface area contributed by atoms with Crippen LogP contribution in [0.25, 0.3) is 22.5 Å². The Kier molecular flexibility index (Phi) is 8.94. The van der Waals surface area contributed by atoms with Gasteiger partial charge in [0.05, 0.1) is 0 Å². The van der Waals surface area contributed by atoms with E-state index in [0.717, 1.165) is 39.7 Å². The summed E-state index contributed by atoms with van der Waals surface area (Å²) in [6, 6.07) is 14.1. The normalized spacial score (nSPS) is 13.8. The van der Waals surface area contributed by atoms with Crippen molar-refractivity contribution in [3.05, 3.63) is 99.3 Å². The Hall–Kier alpha value is -5.59. The van der Waals surface area contributed by atoms with Gasteiger partial charge in [0.15, 0.2) is 5.82 Å². The first-order valence-corrected chi connectivity index (χ1v) is 16.1. The number of carbonyl (C=O) groups is 2. The number of pyridine rings is 1. The smallest absolute Gasteiger partial charge is 0.337 e. The molecule has 6 rings (SSSR count). The van der Waals surface area contributed by atoms with Crippen molar-refractivity contribution >= 4 is 28.8 Å². The number of piperidine rings is 1. The molecule has 4 aromatic heterocycles. The molecule has 0 aliphatic carbocycles. The highest BCUT2D eigenvalue weighted by molar-refractivity contribution is 6.04. The van der Waals surface area contributed by atoms with Gasteiger partial charge < -0.3 is 15.5 Å². The molecule has 1 fully saturated rings. The fourth-order valence-corrected chi connectivity index (χ4v) is 6.24. The molecule has 1 aliphatic heterocycles. The van der Waals surface area contributed by atoms with Crippen LogP contribution in [0.5, 0.6) is 0 Å². The van der Waals surface area contributed by atoms with Crippen molar-refractivity contribution in [2.45, 2.75) is 52.5 Å². The van der Waals surface area contributed by atoms with Crippen molar-refractivity contribution in [3.63, 3.8) is 0 Å². The predicted molar refractivity (Wildman–Crippen MR) is 184 cm³/mol. The van der Waals surface area contributed by atoms with E-state index in [1.165, 1.54) is 23.3 Å². The zero-order valence-corrected chi connectivity index (χ0v) is 27.7. The van der Waals surface area contributed by atoms with Gasteiger partial charge in [-0.25, -0.2) is 23.8 Å². The average molecular weight is 650 g/mol. The van der Waals surface area contributed by atoms with Gasteiger partial charge in [-0.05, 0) is 62.6 Å². The van der Waals surface area contributed by atoms with Crippen molar-refractivity contribution in [3.8, 4) is 16.9 Å². The summed E-state index contributed by atoms with van der Waals surface area (Å²) in [5.74, 6) is 0.546. The van der Waals surface area contributed by atoms with Gasteiger partial charge in [-0.1, -0.05) is 32.0 Å². The molecular formula is C35H39N9O4. The predicted octanol–water partition coefficient (Wildman–Crippen LogP) is 4.34. The van der Waals surface area contributed by atoms with Gasteiger partial charge in [0.2, 0.25) is 5.91 Å². The second-order valence-corrected chi connectivity index (χ2v) is 12.5. The minimum absolute atomic E-state index is 0.0268. The number of rotatable bonds is 8. The van der Waals surface area contributed by atoms with E-state index >= 15 is 0 Å². The summed E-state index contributed by atoms with van der Waals surface area (Å²) in [7, 11) is 1.82. The van der Waals surface area contributed by atoms with Crippen LogP contribution in [0.3, 0.4) is 0 Å². The number of carbonyl (C=O) groups excluding carboxylic acids is 2. The lowest BCUT2D eigenvalue weighted by atomic mass is 9.92. The minimum atomic E-state index is -0.753. The van der Waals surface area contributed by atoms with E-state index in [0.29, 0.717) is 24.6 Å². The molecule has 5 heterocycles. The number of likely N-dealkylation sites (tertiary alicyclic amines) is 1. The summed E-state index contributed by atoms with van der Waals surface area (Å²) in [6.07, 6.45) is 5.99. The van der Waals surface area contributed by atoms with Crippen LogP contribution < -0.4 is 21.9 Å². The third kappa shape index (κ3) is 5.98. The maximum atomic E-state index is 13.5. The van der Waals surface area contributed by atoms with Gasteiger partial charge in [-0.3, -0.25) is 19.0 Å². The van der Waals surface area contributed by atoms with Crippen LogP contribution in [0, 0.1) is 5.92 Å². The quantitative estimate of drug-likeness (QED) is 0.252. The lowest BCUT2D eigenvalue weighted by Crippen LogP contribution is -2.43. The van der Waals surface area contributed by atoms with Crippen LogP contribution in [0.2, 0.25) is 0 Å². The van der Waals surface area contributed by atoms with Crippen LogP contribution in [0.15, 0.2) is 76.8 Å². The summed E-state index contributed by atoms with van der Waals surface area (Å²) in [4.78, 5) is 63.3. The third-order valence-electron chi connectivity index (χ3n) is 8.78. The second-order valence-electron chi connectivity index (χ2n) is 12.5. The number of aromatic nitrogens is 6. The summed E-state index contributed by atoms with van der Waals surface area (Å²) >= 11 is 0. The van der Waals surface area contributed by atoms with Gasteiger partial charge in [0.1, 0.15) is 23.2 Å². The number of anilines is 2. The Morgan fingerprint density at radius 1 is 0.958 bits per heavy atom. The molecule has 0 saturated carbocycles. The molecule has 13 heteroatoms. The molecule has 2 amide bonds. The third-order valence-corrected chi connectivity index (χ3v) is 8.78. The maximum Gasteiger partial charge on any atom is 0.337 e. The fraction of sp³-hybridized carbons (Fsp3) is 0.343. The molecule has 1 aliphatic rings. The molecule has 0 radical (unpaired) electrons. The SMILES string of the molecule is CNc1ncnn2c(C3CCN(C(=O)C(C)C)CC3)cc(-c3ccc(NC(=O)c4cn(C(C)C)c(=O)n(-c5ccccn5)c4=O)cc3)c12. The molecule has 0 atom stereocenters. The zero-order chi connectivity index (χ0) is 34.1. The molecule has 2 N–H and O–H groups in total. The molecule has 48 heavy (non-hydrogen) atoms. The second kappa shape index (κ2) is 13.3. The molecule has 0 bridgehead atoms. The van der Waals surface area contributed by atoms with Crippen molar-refractivity contribution in [1.29, 1.82) is 0 Å². The Bertz CT molecular complexity index is 2090. The summed E-state index contributed by atoms with van der Waals surface area (Å²) < 4.78 is 4.20. The summed E-state index contributed by atoms with van der Waals surface area (Å²) in [5, 5.41) is 10.6. The van der Waals surface area contributed by atoms with Gasteiger partial charge in [-0.2, -0.15) is 5.10 Å². The first-order chi connectivity index (χ1) is 23.1. The highest BCUT2D eigenvalue weighted by Gasteiger charge is 2.29. The Labute approximate surface area is 277 Å². The van der Waals surface area contributed by atoms with Crippen LogP contribution in [-0.2, 0) is 4.79 Å². The van der Waals surface area contributed by atoms with E-state index in [9.17, 15) is 19.2 Å². The van der Waals surface area contributed by atoms with Crippen LogP contribution in [-0.4, -0.2) is 65.6 Å². The van der Waals surface area contributed by atoms with Crippen molar-refractivity contribution in [1.82, 2.24) is 33.6 Å². The van der Waals surface area contributed by atoms with Gasteiger partial charge in [0.25, 0.3) is 11.5 Å². The number of hydrogen-bond donors (Lipinski definition) is 2. The van der Waals surface area contributed by atoms with E-state index in [4.69, 9.17) is 0 Å². The molecule has 1 aromatic carbocycles. The van der Waals surface area contributed by atoms with E-state index in [-0.39, 0.29) is 35.2 Å². The standard InChI is InChI=1S/C35H39N9O4/c1-21(2)33(46)41-16-13-24(14-17-41)28-18-26(30-31(36-5)38-20-39-44(28)30)23-9-11-25(12-10-23)40-32(45)27-19-42(22(3)4)35(48)43(34(27)47)29-8-6-7-15-37-29/h6-12,15,18-22,24H,13-14,16-17H2,1-5H3,(H,40,45)(H,36,38,39). The van der Waals surface area contributed by atoms with Crippen molar-refractivity contribution in [2.24, 2.45) is 5.92 Å². The topological polar surface area (TPSA) is 149 Å². The number of hydrogen-bond acceptors (Lipinski definition) is 8.